The van der Waals surface area contributed by atoms with Crippen LogP contribution in [0.15, 0.2) is 10.9 Å². The maximum absolute atomic E-state index is 13.2. The third-order valence-electron chi connectivity index (χ3n) is 6.02. The van der Waals surface area contributed by atoms with E-state index >= 15 is 0 Å². The Morgan fingerprint density at radius 3 is 2.72 bits per heavy atom. The smallest absolute Gasteiger partial charge is 0.274 e. The molecule has 0 unspecified atom stereocenters. The molecule has 0 N–H and O–H groups in total. The number of hydrogen-bond acceptors (Lipinski definition) is 8. The summed E-state index contributed by atoms with van der Waals surface area (Å²) < 4.78 is 13.0. The lowest BCUT2D eigenvalue weighted by Crippen LogP contribution is -2.47. The van der Waals surface area contributed by atoms with E-state index in [4.69, 9.17) is 9.47 Å². The number of hydrogen-bond donors (Lipinski definition) is 0. The monoisotopic (exact) mass is 419 g/mol. The van der Waals surface area contributed by atoms with E-state index in [9.17, 15) is 9.59 Å². The van der Waals surface area contributed by atoms with Gasteiger partial charge in [0.1, 0.15) is 5.69 Å². The van der Waals surface area contributed by atoms with E-state index < -0.39 is 11.3 Å². The van der Waals surface area contributed by atoms with E-state index in [0.29, 0.717) is 50.0 Å². The molecule has 1 spiro atoms. The number of fused-ring (bicyclic) bond motifs is 1. The molecule has 2 aromatic heterocycles. The molecule has 10 heteroatoms. The lowest BCUT2D eigenvalue weighted by Gasteiger charge is -2.37. The molecule has 1 amide bonds. The third kappa shape index (κ3) is 3.53. The zero-order valence-electron chi connectivity index (χ0n) is 16.5. The van der Waals surface area contributed by atoms with Gasteiger partial charge in [0.15, 0.2) is 5.79 Å². The zero-order chi connectivity index (χ0) is 20.0. The average Bonchev–Trinajstić information content (AvgIpc) is 3.35. The number of rotatable bonds is 2. The van der Waals surface area contributed by atoms with Crippen molar-refractivity contribution in [3.8, 4) is 0 Å². The Bertz CT molecular complexity index is 973. The van der Waals surface area contributed by atoms with Gasteiger partial charge in [-0.25, -0.2) is 0 Å². The first kappa shape index (κ1) is 19.0. The van der Waals surface area contributed by atoms with Gasteiger partial charge >= 0.3 is 0 Å². The quantitative estimate of drug-likeness (QED) is 0.726. The van der Waals surface area contributed by atoms with Crippen molar-refractivity contribution in [2.45, 2.75) is 38.4 Å². The molecule has 156 valence electrons. The van der Waals surface area contributed by atoms with Gasteiger partial charge in [-0.1, -0.05) is 18.3 Å². The minimum absolute atomic E-state index is 0.198. The van der Waals surface area contributed by atoms with E-state index in [-0.39, 0.29) is 11.6 Å². The van der Waals surface area contributed by atoms with Crippen LogP contribution >= 0.6 is 11.3 Å². The molecule has 9 nitrogen and oxygen atoms in total. The van der Waals surface area contributed by atoms with Crippen molar-refractivity contribution in [2.75, 3.05) is 44.3 Å². The Morgan fingerprint density at radius 1 is 1.24 bits per heavy atom. The highest BCUT2D eigenvalue weighted by molar-refractivity contribution is 7.20. The van der Waals surface area contributed by atoms with Crippen molar-refractivity contribution in [3.05, 3.63) is 22.1 Å². The molecule has 5 heterocycles. The lowest BCUT2D eigenvalue weighted by atomic mass is 10.0. The molecule has 0 aliphatic carbocycles. The fraction of sp³-hybridized carbons (Fsp3) is 0.684. The van der Waals surface area contributed by atoms with Crippen LogP contribution in [0.25, 0.3) is 4.96 Å². The summed E-state index contributed by atoms with van der Waals surface area (Å²) in [5, 5.41) is 5.48. The van der Waals surface area contributed by atoms with Crippen LogP contribution < -0.4 is 10.5 Å². The van der Waals surface area contributed by atoms with Crippen LogP contribution in [0.1, 0.15) is 43.1 Å². The van der Waals surface area contributed by atoms with Gasteiger partial charge in [0, 0.05) is 45.1 Å². The topological polar surface area (TPSA) is 89.3 Å². The Morgan fingerprint density at radius 2 is 2.00 bits per heavy atom. The number of amides is 1. The van der Waals surface area contributed by atoms with Crippen molar-refractivity contribution in [2.24, 2.45) is 5.92 Å². The van der Waals surface area contributed by atoms with Gasteiger partial charge in [0.05, 0.1) is 13.2 Å². The average molecular weight is 420 g/mol. The molecule has 3 saturated heterocycles. The molecular formula is C19H25N5O4S. The summed E-state index contributed by atoms with van der Waals surface area (Å²) in [6, 6.07) is 1.30. The van der Waals surface area contributed by atoms with Gasteiger partial charge < -0.3 is 19.3 Å². The van der Waals surface area contributed by atoms with Crippen LogP contribution in [0.4, 0.5) is 5.13 Å². The first-order chi connectivity index (χ1) is 14.0. The second kappa shape index (κ2) is 7.33. The predicted octanol–water partition coefficient (Wildman–Crippen LogP) is 1.37. The number of carbonyl (C=O) groups excluding carboxylic acids is 1. The number of ether oxygens (including phenoxy) is 2. The van der Waals surface area contributed by atoms with E-state index in [1.807, 2.05) is 0 Å². The summed E-state index contributed by atoms with van der Waals surface area (Å²) >= 11 is 1.37. The molecule has 3 aliphatic heterocycles. The number of carbonyl (C=O) groups is 1. The molecule has 2 aromatic rings. The Hall–Kier alpha value is -2.04. The van der Waals surface area contributed by atoms with Gasteiger partial charge in [-0.2, -0.15) is 9.50 Å². The summed E-state index contributed by atoms with van der Waals surface area (Å²) in [4.78, 5) is 33.9. The maximum atomic E-state index is 13.2. The number of likely N-dealkylation sites (tertiary alicyclic amines) is 1. The summed E-state index contributed by atoms with van der Waals surface area (Å²) in [5.74, 6) is -0.137. The maximum Gasteiger partial charge on any atom is 0.274 e. The standard InChI is InChI=1S/C19H25N5O4S/c1-13-3-2-6-23(12-13)18-21-24-14(11-15(25)20-17(24)29-18)16(26)22-7-4-19(5-8-22)27-9-10-28-19/h11,13H,2-10,12H2,1H3/t13-/m1/s1. The van der Waals surface area contributed by atoms with Crippen molar-refractivity contribution in [3.63, 3.8) is 0 Å². The summed E-state index contributed by atoms with van der Waals surface area (Å²) in [6.07, 6.45) is 3.60. The molecule has 3 fully saturated rings. The first-order valence-corrected chi connectivity index (χ1v) is 11.1. The van der Waals surface area contributed by atoms with E-state index in [0.717, 1.165) is 24.6 Å². The SMILES string of the molecule is C[C@@H]1CCCN(c2nn3c(C(=O)N4CCC5(CC4)OCCO5)cc(=O)nc3s2)C1. The minimum Gasteiger partial charge on any atom is -0.347 e. The summed E-state index contributed by atoms with van der Waals surface area (Å²) in [5.41, 5.74) is -0.136. The van der Waals surface area contributed by atoms with Crippen LogP contribution in [0.3, 0.4) is 0 Å². The first-order valence-electron chi connectivity index (χ1n) is 10.3. The molecule has 0 radical (unpaired) electrons. The Balaban J connectivity index is 1.42. The van der Waals surface area contributed by atoms with Crippen LogP contribution in [0.2, 0.25) is 0 Å². The normalized spacial score (nSPS) is 24.5. The van der Waals surface area contributed by atoms with Gasteiger partial charge in [-0.05, 0) is 18.8 Å². The van der Waals surface area contributed by atoms with Gasteiger partial charge in [-0.3, -0.25) is 9.59 Å². The highest BCUT2D eigenvalue weighted by Crippen LogP contribution is 2.32. The Labute approximate surface area is 172 Å². The molecule has 5 rings (SSSR count). The summed E-state index contributed by atoms with van der Waals surface area (Å²) in [7, 11) is 0. The van der Waals surface area contributed by atoms with Crippen LogP contribution in [0, 0.1) is 5.92 Å². The highest BCUT2D eigenvalue weighted by Gasteiger charge is 2.41. The second-order valence-corrected chi connectivity index (χ2v) is 9.09. The van der Waals surface area contributed by atoms with Gasteiger partial charge in [-0.15, -0.1) is 5.10 Å². The zero-order valence-corrected chi connectivity index (χ0v) is 17.3. The molecular weight excluding hydrogens is 394 g/mol. The van der Waals surface area contributed by atoms with Crippen LogP contribution in [0.5, 0.6) is 0 Å². The molecule has 29 heavy (non-hydrogen) atoms. The Kier molecular flexibility index (Phi) is 4.79. The fourth-order valence-corrected chi connectivity index (χ4v) is 5.39. The molecule has 0 saturated carbocycles. The van der Waals surface area contributed by atoms with Crippen LogP contribution in [-0.2, 0) is 9.47 Å². The predicted molar refractivity (Wildman–Crippen MR) is 108 cm³/mol. The molecule has 0 aromatic carbocycles. The van der Waals surface area contributed by atoms with Crippen molar-refractivity contribution in [1.29, 1.82) is 0 Å². The van der Waals surface area contributed by atoms with E-state index in [1.54, 1.807) is 4.90 Å². The summed E-state index contributed by atoms with van der Waals surface area (Å²) in [6.45, 7) is 6.36. The second-order valence-electron chi connectivity index (χ2n) is 8.15. The number of piperidine rings is 2. The molecule has 1 atom stereocenters. The number of anilines is 1. The molecule has 3 aliphatic rings. The van der Waals surface area contributed by atoms with Crippen molar-refractivity contribution in [1.82, 2.24) is 19.5 Å². The number of aromatic nitrogens is 3. The lowest BCUT2D eigenvalue weighted by molar-refractivity contribution is -0.181. The minimum atomic E-state index is -0.542. The van der Waals surface area contributed by atoms with E-state index in [1.165, 1.54) is 28.3 Å². The molecule has 0 bridgehead atoms. The van der Waals surface area contributed by atoms with Crippen molar-refractivity contribution < 1.29 is 14.3 Å². The van der Waals surface area contributed by atoms with Gasteiger partial charge in [0.2, 0.25) is 10.1 Å². The van der Waals surface area contributed by atoms with E-state index in [2.05, 4.69) is 21.9 Å². The number of nitrogens with zero attached hydrogens (tertiary/aromatic N) is 5. The van der Waals surface area contributed by atoms with Crippen LogP contribution in [-0.4, -0.2) is 70.6 Å². The third-order valence-corrected chi connectivity index (χ3v) is 6.99. The largest absolute Gasteiger partial charge is 0.347 e. The van der Waals surface area contributed by atoms with Crippen molar-refractivity contribution >= 4 is 27.3 Å². The highest BCUT2D eigenvalue weighted by atomic mass is 32.1. The fourth-order valence-electron chi connectivity index (χ4n) is 4.45. The van der Waals surface area contributed by atoms with Gasteiger partial charge in [0.25, 0.3) is 11.5 Å².